The first-order chi connectivity index (χ1) is 10.0. The van der Waals surface area contributed by atoms with Gasteiger partial charge in [-0.15, -0.1) is 11.8 Å². The zero-order chi connectivity index (χ0) is 15.2. The molecule has 1 N–H and O–H groups in total. The fourth-order valence-corrected chi connectivity index (χ4v) is 2.74. The maximum Gasteiger partial charge on any atom is 0.232 e. The highest BCUT2D eigenvalue weighted by molar-refractivity contribution is 7.99. The number of nitrogens with zero attached hydrogens (tertiary/aromatic N) is 3. The lowest BCUT2D eigenvalue weighted by atomic mass is 10.2. The largest absolute Gasteiger partial charge is 0.337 e. The van der Waals surface area contributed by atoms with Gasteiger partial charge in [-0.3, -0.25) is 9.89 Å². The van der Waals surface area contributed by atoms with Crippen molar-refractivity contribution in [2.45, 2.75) is 26.1 Å². The van der Waals surface area contributed by atoms with Gasteiger partial charge < -0.3 is 4.90 Å². The molecule has 0 spiro atoms. The van der Waals surface area contributed by atoms with Crippen LogP contribution >= 0.6 is 11.8 Å². The standard InChI is InChI=1S/C15H20N4OS/c1-11-4-6-13(7-5-11)9-21-10-15(20)19(3)8-14-16-12(2)17-18-14/h4-7H,8-10H2,1-3H3,(H,16,17,18). The van der Waals surface area contributed by atoms with Gasteiger partial charge in [-0.05, 0) is 19.4 Å². The SMILES string of the molecule is Cc1ccc(CSCC(=O)N(C)Cc2n[nH]c(C)n2)cc1. The summed E-state index contributed by atoms with van der Waals surface area (Å²) in [6, 6.07) is 8.39. The molecule has 0 atom stereocenters. The number of amides is 1. The van der Waals surface area contributed by atoms with Crippen molar-refractivity contribution in [2.24, 2.45) is 0 Å². The number of aromatic amines is 1. The average molecular weight is 304 g/mol. The van der Waals surface area contributed by atoms with E-state index in [0.29, 0.717) is 18.1 Å². The summed E-state index contributed by atoms with van der Waals surface area (Å²) in [5, 5.41) is 6.82. The number of aryl methyl sites for hydroxylation is 2. The minimum Gasteiger partial charge on any atom is -0.337 e. The molecule has 0 bridgehead atoms. The van der Waals surface area contributed by atoms with Crippen molar-refractivity contribution in [3.05, 3.63) is 47.0 Å². The van der Waals surface area contributed by atoms with Gasteiger partial charge >= 0.3 is 0 Å². The first-order valence-corrected chi connectivity index (χ1v) is 7.95. The lowest BCUT2D eigenvalue weighted by Gasteiger charge is -2.14. The molecule has 0 unspecified atom stereocenters. The Morgan fingerprint density at radius 1 is 1.29 bits per heavy atom. The van der Waals surface area contributed by atoms with Crippen molar-refractivity contribution < 1.29 is 4.79 Å². The lowest BCUT2D eigenvalue weighted by molar-refractivity contribution is -0.127. The molecule has 0 radical (unpaired) electrons. The Kier molecular flexibility index (Phi) is 5.38. The van der Waals surface area contributed by atoms with E-state index in [1.54, 1.807) is 23.7 Å². The molecule has 112 valence electrons. The zero-order valence-electron chi connectivity index (χ0n) is 12.6. The number of H-pyrrole nitrogens is 1. The van der Waals surface area contributed by atoms with Crippen LogP contribution in [0, 0.1) is 13.8 Å². The number of carbonyl (C=O) groups is 1. The highest BCUT2D eigenvalue weighted by Crippen LogP contribution is 2.13. The van der Waals surface area contributed by atoms with E-state index >= 15 is 0 Å². The predicted molar refractivity (Wildman–Crippen MR) is 84.9 cm³/mol. The number of rotatable bonds is 6. The van der Waals surface area contributed by atoms with Gasteiger partial charge in [0.2, 0.25) is 5.91 Å². The second-order valence-electron chi connectivity index (χ2n) is 5.07. The molecule has 5 nitrogen and oxygen atoms in total. The summed E-state index contributed by atoms with van der Waals surface area (Å²) in [7, 11) is 1.78. The van der Waals surface area contributed by atoms with E-state index in [1.165, 1.54) is 11.1 Å². The summed E-state index contributed by atoms with van der Waals surface area (Å²) in [6.45, 7) is 4.35. The van der Waals surface area contributed by atoms with Crippen molar-refractivity contribution in [1.29, 1.82) is 0 Å². The van der Waals surface area contributed by atoms with Crippen molar-refractivity contribution in [3.63, 3.8) is 0 Å². The van der Waals surface area contributed by atoms with Crippen LogP contribution in [0.15, 0.2) is 24.3 Å². The van der Waals surface area contributed by atoms with Crippen molar-refractivity contribution in [2.75, 3.05) is 12.8 Å². The fraction of sp³-hybridized carbons (Fsp3) is 0.400. The molecule has 1 aromatic heterocycles. The van der Waals surface area contributed by atoms with Gasteiger partial charge in [0.1, 0.15) is 5.82 Å². The molecule has 1 heterocycles. The number of aromatic nitrogens is 3. The van der Waals surface area contributed by atoms with Crippen LogP contribution in [0.3, 0.4) is 0 Å². The van der Waals surface area contributed by atoms with Crippen LogP contribution in [0.5, 0.6) is 0 Å². The molecule has 6 heteroatoms. The van der Waals surface area contributed by atoms with Gasteiger partial charge in [-0.25, -0.2) is 4.98 Å². The second-order valence-corrected chi connectivity index (χ2v) is 6.05. The molecule has 2 rings (SSSR count). The molecule has 2 aromatic rings. The van der Waals surface area contributed by atoms with Gasteiger partial charge in [0.05, 0.1) is 12.3 Å². The topological polar surface area (TPSA) is 61.9 Å². The molecule has 1 amide bonds. The number of nitrogens with one attached hydrogen (secondary N) is 1. The third-order valence-corrected chi connectivity index (χ3v) is 4.05. The van der Waals surface area contributed by atoms with Crippen LogP contribution < -0.4 is 0 Å². The molecule has 1 aromatic carbocycles. The second kappa shape index (κ2) is 7.26. The number of hydrogen-bond acceptors (Lipinski definition) is 4. The highest BCUT2D eigenvalue weighted by Gasteiger charge is 2.11. The number of thioether (sulfide) groups is 1. The molecule has 0 aliphatic carbocycles. The van der Waals surface area contributed by atoms with E-state index < -0.39 is 0 Å². The monoisotopic (exact) mass is 304 g/mol. The van der Waals surface area contributed by atoms with Crippen LogP contribution in [0.1, 0.15) is 22.8 Å². The van der Waals surface area contributed by atoms with E-state index in [2.05, 4.69) is 46.4 Å². The molecular formula is C15H20N4OS. The summed E-state index contributed by atoms with van der Waals surface area (Å²) in [4.78, 5) is 17.9. The quantitative estimate of drug-likeness (QED) is 0.889. The summed E-state index contributed by atoms with van der Waals surface area (Å²) in [5.74, 6) is 2.81. The maximum atomic E-state index is 12.0. The Hall–Kier alpha value is -1.82. The molecule has 0 aliphatic heterocycles. The average Bonchev–Trinajstić information content (AvgIpc) is 2.86. The van der Waals surface area contributed by atoms with Crippen molar-refractivity contribution >= 4 is 17.7 Å². The van der Waals surface area contributed by atoms with Crippen LogP contribution in [0.4, 0.5) is 0 Å². The number of benzene rings is 1. The Morgan fingerprint density at radius 2 is 2.00 bits per heavy atom. The van der Waals surface area contributed by atoms with Gasteiger partial charge in [-0.1, -0.05) is 29.8 Å². The van der Waals surface area contributed by atoms with Gasteiger partial charge in [0.25, 0.3) is 0 Å². The predicted octanol–water partition coefficient (Wildman–Crippen LogP) is 2.31. The summed E-state index contributed by atoms with van der Waals surface area (Å²) < 4.78 is 0. The van der Waals surface area contributed by atoms with E-state index in [4.69, 9.17) is 0 Å². The normalized spacial score (nSPS) is 10.6. The first kappa shape index (κ1) is 15.6. The molecule has 0 saturated heterocycles. The van der Waals surface area contributed by atoms with Crippen molar-refractivity contribution in [1.82, 2.24) is 20.1 Å². The smallest absolute Gasteiger partial charge is 0.232 e. The van der Waals surface area contributed by atoms with Crippen LogP contribution in [-0.4, -0.2) is 38.8 Å². The Balaban J connectivity index is 1.74. The lowest BCUT2D eigenvalue weighted by Crippen LogP contribution is -2.28. The zero-order valence-corrected chi connectivity index (χ0v) is 13.4. The molecule has 0 fully saturated rings. The van der Waals surface area contributed by atoms with Gasteiger partial charge in [0.15, 0.2) is 5.82 Å². The molecule has 0 saturated carbocycles. The Morgan fingerprint density at radius 3 is 2.62 bits per heavy atom. The summed E-state index contributed by atoms with van der Waals surface area (Å²) in [5.41, 5.74) is 2.49. The molecular weight excluding hydrogens is 284 g/mol. The highest BCUT2D eigenvalue weighted by atomic mass is 32.2. The fourth-order valence-electron chi connectivity index (χ4n) is 1.81. The van der Waals surface area contributed by atoms with Crippen LogP contribution in [-0.2, 0) is 17.1 Å². The van der Waals surface area contributed by atoms with E-state index in [9.17, 15) is 4.79 Å². The Labute approximate surface area is 129 Å². The first-order valence-electron chi connectivity index (χ1n) is 6.79. The maximum absolute atomic E-state index is 12.0. The van der Waals surface area contributed by atoms with Crippen LogP contribution in [0.25, 0.3) is 0 Å². The third kappa shape index (κ3) is 4.90. The summed E-state index contributed by atoms with van der Waals surface area (Å²) >= 11 is 1.62. The van der Waals surface area contributed by atoms with Crippen LogP contribution in [0.2, 0.25) is 0 Å². The molecule has 0 aliphatic rings. The van der Waals surface area contributed by atoms with E-state index in [0.717, 1.165) is 11.6 Å². The van der Waals surface area contributed by atoms with Gasteiger partial charge in [-0.2, -0.15) is 5.10 Å². The van der Waals surface area contributed by atoms with Gasteiger partial charge in [0, 0.05) is 12.8 Å². The van der Waals surface area contributed by atoms with E-state index in [-0.39, 0.29) is 5.91 Å². The Bertz CT molecular complexity index is 594. The van der Waals surface area contributed by atoms with E-state index in [1.807, 2.05) is 6.92 Å². The summed E-state index contributed by atoms with van der Waals surface area (Å²) in [6.07, 6.45) is 0. The minimum absolute atomic E-state index is 0.0922. The minimum atomic E-state index is 0.0922. The number of carbonyl (C=O) groups excluding carboxylic acids is 1. The molecule has 21 heavy (non-hydrogen) atoms. The third-order valence-electron chi connectivity index (χ3n) is 3.06. The number of hydrogen-bond donors (Lipinski definition) is 1. The van der Waals surface area contributed by atoms with Crippen molar-refractivity contribution in [3.8, 4) is 0 Å².